The third-order valence-corrected chi connectivity index (χ3v) is 3.76. The van der Waals surface area contributed by atoms with Gasteiger partial charge < -0.3 is 19.8 Å². The summed E-state index contributed by atoms with van der Waals surface area (Å²) in [6.45, 7) is 4.48. The summed E-state index contributed by atoms with van der Waals surface area (Å²) in [5, 5.41) is 11.8. The molecule has 1 aromatic carbocycles. The van der Waals surface area contributed by atoms with E-state index in [1.165, 1.54) is 11.1 Å². The molecular weight excluding hydrogens is 354 g/mol. The molecule has 28 heavy (non-hydrogen) atoms. The van der Waals surface area contributed by atoms with Crippen molar-refractivity contribution in [2.45, 2.75) is 39.4 Å². The lowest BCUT2D eigenvalue weighted by molar-refractivity contribution is -0.124. The molecule has 0 aliphatic rings. The maximum Gasteiger partial charge on any atom is 0.234 e. The van der Waals surface area contributed by atoms with E-state index in [0.717, 1.165) is 31.6 Å². The van der Waals surface area contributed by atoms with Gasteiger partial charge in [0.2, 0.25) is 5.91 Å². The second kappa shape index (κ2) is 13.5. The van der Waals surface area contributed by atoms with Crippen LogP contribution in [-0.2, 0) is 24.4 Å². The smallest absolute Gasteiger partial charge is 0.234 e. The van der Waals surface area contributed by atoms with E-state index in [-0.39, 0.29) is 5.91 Å². The van der Waals surface area contributed by atoms with E-state index < -0.39 is 0 Å². The zero-order valence-electron chi connectivity index (χ0n) is 19.3. The Labute approximate surface area is 171 Å². The summed E-state index contributed by atoms with van der Waals surface area (Å²) in [7, 11) is 15.9. The van der Waals surface area contributed by atoms with Crippen LogP contribution < -0.4 is 5.43 Å². The molecule has 0 spiro atoms. The maximum atomic E-state index is 10.7. The molecule has 0 bridgehead atoms. The zero-order valence-corrected chi connectivity index (χ0v) is 19.3. The molecule has 0 radical (unpaired) electrons. The predicted molar refractivity (Wildman–Crippen MR) is 117 cm³/mol. The highest BCUT2D eigenvalue weighted by Crippen LogP contribution is 2.27. The van der Waals surface area contributed by atoms with Gasteiger partial charge in [-0.2, -0.15) is 0 Å². The van der Waals surface area contributed by atoms with Gasteiger partial charge in [0.05, 0.1) is 0 Å². The van der Waals surface area contributed by atoms with Crippen LogP contribution in [0.2, 0.25) is 0 Å². The molecule has 0 heterocycles. The van der Waals surface area contributed by atoms with Gasteiger partial charge >= 0.3 is 0 Å². The van der Waals surface area contributed by atoms with E-state index in [9.17, 15) is 9.90 Å². The molecule has 7 nitrogen and oxygen atoms in total. The average molecular weight is 396 g/mol. The normalized spacial score (nSPS) is 11.2. The lowest BCUT2D eigenvalue weighted by atomic mass is 9.98. The van der Waals surface area contributed by atoms with Crippen molar-refractivity contribution in [1.29, 1.82) is 0 Å². The van der Waals surface area contributed by atoms with Crippen LogP contribution in [0.15, 0.2) is 12.1 Å². The van der Waals surface area contributed by atoms with Crippen LogP contribution in [0.25, 0.3) is 0 Å². The van der Waals surface area contributed by atoms with Gasteiger partial charge in [-0.15, -0.1) is 0 Å². The van der Waals surface area contributed by atoms with Gasteiger partial charge in [-0.05, 0) is 65.9 Å². The molecule has 2 N–H and O–H groups in total. The first-order chi connectivity index (χ1) is 13.0. The molecule has 1 amide bonds. The quantitative estimate of drug-likeness (QED) is 0.623. The molecule has 0 aliphatic heterocycles. The Morgan fingerprint density at radius 3 is 1.79 bits per heavy atom. The molecule has 1 rings (SSSR count). The highest BCUT2D eigenvalue weighted by Gasteiger charge is 2.15. The van der Waals surface area contributed by atoms with Crippen LogP contribution in [0.3, 0.4) is 0 Å². The van der Waals surface area contributed by atoms with Crippen molar-refractivity contribution < 1.29 is 9.90 Å². The number of nitrogens with one attached hydrogen (secondary N) is 1. The van der Waals surface area contributed by atoms with Crippen LogP contribution in [0.4, 0.5) is 0 Å². The number of amides is 1. The lowest BCUT2D eigenvalue weighted by Crippen LogP contribution is -2.35. The molecule has 0 fully saturated rings. The number of hydrogen-bond acceptors (Lipinski definition) is 6. The largest absolute Gasteiger partial charge is 0.508 e. The van der Waals surface area contributed by atoms with E-state index >= 15 is 0 Å². The van der Waals surface area contributed by atoms with Gasteiger partial charge in [-0.25, -0.2) is 5.01 Å². The topological polar surface area (TPSA) is 62.3 Å². The fraction of sp³-hybridized carbons (Fsp3) is 0.667. The van der Waals surface area contributed by atoms with Gasteiger partial charge in [0.25, 0.3) is 0 Å². The molecule has 7 heteroatoms. The molecule has 0 aliphatic carbocycles. The molecule has 0 unspecified atom stereocenters. The standard InChI is InChI=1S/C15H27N3O.C6H14N2O/c1-16(2)9-12-7-8-15(19)14(11-18(5)6)13(12)10-17(3)4;1-4-5-6(9)7-8(2)3/h7-8,19H,9-11H2,1-6H3;4-5H2,1-3H3,(H,7,9). The lowest BCUT2D eigenvalue weighted by Gasteiger charge is -2.23. The monoisotopic (exact) mass is 395 g/mol. The van der Waals surface area contributed by atoms with Crippen LogP contribution >= 0.6 is 0 Å². The number of phenols is 1. The maximum absolute atomic E-state index is 10.7. The minimum Gasteiger partial charge on any atom is -0.508 e. The van der Waals surface area contributed by atoms with Gasteiger partial charge in [-0.1, -0.05) is 13.0 Å². The number of hydrazine groups is 1. The first kappa shape index (κ1) is 26.3. The van der Waals surface area contributed by atoms with E-state index in [1.807, 2.05) is 33.2 Å². The zero-order chi connectivity index (χ0) is 21.9. The Morgan fingerprint density at radius 1 is 0.857 bits per heavy atom. The molecular formula is C21H41N5O2. The van der Waals surface area contributed by atoms with Crippen molar-refractivity contribution >= 4 is 5.91 Å². The summed E-state index contributed by atoms with van der Waals surface area (Å²) in [6, 6.07) is 3.85. The highest BCUT2D eigenvalue weighted by atomic mass is 16.3. The molecule has 0 saturated heterocycles. The Kier molecular flexibility index (Phi) is 12.7. The molecule has 0 atom stereocenters. The molecule has 0 saturated carbocycles. The summed E-state index contributed by atoms with van der Waals surface area (Å²) in [5.74, 6) is 0.482. The fourth-order valence-corrected chi connectivity index (χ4v) is 2.76. The van der Waals surface area contributed by atoms with E-state index in [0.29, 0.717) is 12.2 Å². The third-order valence-electron chi connectivity index (χ3n) is 3.76. The summed E-state index contributed by atoms with van der Waals surface area (Å²) in [4.78, 5) is 17.1. The van der Waals surface area contributed by atoms with Crippen molar-refractivity contribution in [2.75, 3.05) is 56.4 Å². The Hall–Kier alpha value is -1.67. The van der Waals surface area contributed by atoms with Crippen LogP contribution in [0.1, 0.15) is 36.5 Å². The van der Waals surface area contributed by atoms with Gasteiger partial charge in [0.1, 0.15) is 5.75 Å². The number of carbonyl (C=O) groups is 1. The second-order valence-corrected chi connectivity index (χ2v) is 8.09. The predicted octanol–water partition coefficient (Wildman–Crippen LogP) is 1.96. The number of nitrogens with zero attached hydrogens (tertiary/aromatic N) is 4. The number of rotatable bonds is 9. The van der Waals surface area contributed by atoms with Crippen molar-refractivity contribution in [1.82, 2.24) is 25.1 Å². The van der Waals surface area contributed by atoms with Crippen LogP contribution in [-0.4, -0.2) is 87.1 Å². The summed E-state index contributed by atoms with van der Waals surface area (Å²) >= 11 is 0. The summed E-state index contributed by atoms with van der Waals surface area (Å²) < 4.78 is 0. The highest BCUT2D eigenvalue weighted by molar-refractivity contribution is 5.75. The Balaban J connectivity index is 0.000000684. The van der Waals surface area contributed by atoms with Gasteiger partial charge in [0.15, 0.2) is 0 Å². The number of carbonyl (C=O) groups excluding carboxylic acids is 1. The fourth-order valence-electron chi connectivity index (χ4n) is 2.76. The van der Waals surface area contributed by atoms with Crippen molar-refractivity contribution in [3.05, 3.63) is 28.8 Å². The minimum atomic E-state index is 0.0856. The number of benzene rings is 1. The van der Waals surface area contributed by atoms with Crippen molar-refractivity contribution in [3.63, 3.8) is 0 Å². The Bertz CT molecular complexity index is 586. The molecule has 162 valence electrons. The first-order valence-corrected chi connectivity index (χ1v) is 9.71. The number of hydrogen-bond donors (Lipinski definition) is 2. The van der Waals surface area contributed by atoms with Crippen molar-refractivity contribution in [3.8, 4) is 5.75 Å². The van der Waals surface area contributed by atoms with Gasteiger partial charge in [-0.3, -0.25) is 10.2 Å². The summed E-state index contributed by atoms with van der Waals surface area (Å²) in [6.07, 6.45) is 1.51. The minimum absolute atomic E-state index is 0.0856. The first-order valence-electron chi connectivity index (χ1n) is 9.71. The van der Waals surface area contributed by atoms with Crippen LogP contribution in [0.5, 0.6) is 5.75 Å². The number of aromatic hydroxyl groups is 1. The van der Waals surface area contributed by atoms with Gasteiger partial charge in [0, 0.05) is 45.7 Å². The second-order valence-electron chi connectivity index (χ2n) is 8.09. The molecule has 0 aromatic heterocycles. The Morgan fingerprint density at radius 2 is 1.36 bits per heavy atom. The average Bonchev–Trinajstić information content (AvgIpc) is 2.52. The van der Waals surface area contributed by atoms with E-state index in [4.69, 9.17) is 0 Å². The molecule has 1 aromatic rings. The number of phenolic OH excluding ortho intramolecular Hbond substituents is 1. The third kappa shape index (κ3) is 11.2. The van der Waals surface area contributed by atoms with E-state index in [2.05, 4.69) is 48.3 Å². The van der Waals surface area contributed by atoms with Crippen LogP contribution in [0, 0.1) is 0 Å². The van der Waals surface area contributed by atoms with E-state index in [1.54, 1.807) is 19.1 Å². The SMILES string of the molecule is CCCC(=O)NN(C)C.CN(C)Cc1ccc(O)c(CN(C)C)c1CN(C)C. The van der Waals surface area contributed by atoms with Crippen molar-refractivity contribution in [2.24, 2.45) is 0 Å². The summed E-state index contributed by atoms with van der Waals surface area (Å²) in [5.41, 5.74) is 6.21.